The number of aliphatic hydroxyl groups is 1. The van der Waals surface area contributed by atoms with Crippen LogP contribution in [0.1, 0.15) is 39.2 Å². The van der Waals surface area contributed by atoms with Crippen molar-refractivity contribution in [2.45, 2.75) is 69.5 Å². The molecule has 0 aromatic heterocycles. The van der Waals surface area contributed by atoms with Crippen molar-refractivity contribution in [1.82, 2.24) is 14.9 Å². The molecule has 2 aromatic carbocycles. The highest BCUT2D eigenvalue weighted by Gasteiger charge is 2.44. The minimum atomic E-state index is -4.22. The summed E-state index contributed by atoms with van der Waals surface area (Å²) in [6.07, 6.45) is -2.33. The second kappa shape index (κ2) is 15.7. The molecule has 2 aromatic rings. The number of nitrogens with one attached hydrogen (secondary N) is 2. The van der Waals surface area contributed by atoms with Crippen LogP contribution < -0.4 is 20.1 Å². The maximum absolute atomic E-state index is 14.2. The zero-order valence-corrected chi connectivity index (χ0v) is 28.3. The lowest BCUT2D eigenvalue weighted by atomic mass is 9.89. The van der Waals surface area contributed by atoms with Gasteiger partial charge in [-0.1, -0.05) is 44.2 Å². The molecule has 3 aliphatic rings. The number of nitrogens with zero attached hydrogens (tertiary/aromatic N) is 1. The van der Waals surface area contributed by atoms with Gasteiger partial charge in [-0.2, -0.15) is 4.31 Å². The van der Waals surface area contributed by atoms with E-state index in [0.29, 0.717) is 37.5 Å². The van der Waals surface area contributed by atoms with E-state index in [4.69, 9.17) is 28.4 Å². The number of amides is 2. The first-order chi connectivity index (χ1) is 22.9. The van der Waals surface area contributed by atoms with Gasteiger partial charge in [0.25, 0.3) is 0 Å². The van der Waals surface area contributed by atoms with Crippen LogP contribution in [0.15, 0.2) is 53.4 Å². The Morgan fingerprint density at radius 1 is 1.08 bits per heavy atom. The van der Waals surface area contributed by atoms with E-state index >= 15 is 0 Å². The smallest absolute Gasteiger partial charge is 0.407 e. The van der Waals surface area contributed by atoms with Crippen LogP contribution in [0.4, 0.5) is 9.59 Å². The minimum Gasteiger partial charge on any atom is -0.454 e. The van der Waals surface area contributed by atoms with Gasteiger partial charge < -0.3 is 44.2 Å². The van der Waals surface area contributed by atoms with Gasteiger partial charge >= 0.3 is 12.2 Å². The van der Waals surface area contributed by atoms with Gasteiger partial charge in [0.05, 0.1) is 42.8 Å². The van der Waals surface area contributed by atoms with Crippen LogP contribution in [0.3, 0.4) is 0 Å². The molecule has 3 N–H and O–H groups in total. The van der Waals surface area contributed by atoms with E-state index < -0.39 is 52.2 Å². The molecule has 0 spiro atoms. The van der Waals surface area contributed by atoms with Crippen LogP contribution in [0.5, 0.6) is 11.5 Å². The van der Waals surface area contributed by atoms with Crippen LogP contribution in [0.2, 0.25) is 0 Å². The van der Waals surface area contributed by atoms with Crippen molar-refractivity contribution in [3.8, 4) is 11.5 Å². The normalized spacial score (nSPS) is 21.4. The summed E-state index contributed by atoms with van der Waals surface area (Å²) in [4.78, 5) is 25.0. The monoisotopic (exact) mass is 691 g/mol. The second-order valence-corrected chi connectivity index (χ2v) is 14.8. The zero-order valence-electron chi connectivity index (χ0n) is 27.5. The summed E-state index contributed by atoms with van der Waals surface area (Å²) in [5.74, 6) is 0.648. The van der Waals surface area contributed by atoms with Gasteiger partial charge in [-0.3, -0.25) is 0 Å². The van der Waals surface area contributed by atoms with Crippen molar-refractivity contribution in [2.75, 3.05) is 46.2 Å². The molecule has 0 bridgehead atoms. The quantitative estimate of drug-likeness (QED) is 0.251. The number of aliphatic hydroxyl groups excluding tert-OH is 1. The maximum atomic E-state index is 14.2. The van der Waals surface area contributed by atoms with E-state index in [1.807, 2.05) is 44.2 Å². The Morgan fingerprint density at radius 3 is 2.62 bits per heavy atom. The molecular weight excluding hydrogens is 646 g/mol. The Balaban J connectivity index is 1.36. The predicted molar refractivity (Wildman–Crippen MR) is 172 cm³/mol. The summed E-state index contributed by atoms with van der Waals surface area (Å²) < 4.78 is 62.6. The molecule has 0 unspecified atom stereocenters. The molecule has 264 valence electrons. The molecule has 5 rings (SSSR count). The molecule has 14 nitrogen and oxygen atoms in total. The van der Waals surface area contributed by atoms with Crippen LogP contribution in [-0.2, 0) is 35.4 Å². The summed E-state index contributed by atoms with van der Waals surface area (Å²) in [5, 5.41) is 17.1. The highest BCUT2D eigenvalue weighted by molar-refractivity contribution is 7.89. The fraction of sp³-hybridized carbons (Fsp3) is 0.576. The number of hydrogen-bond donors (Lipinski definition) is 3. The summed E-state index contributed by atoms with van der Waals surface area (Å²) in [6.45, 7) is 6.25. The first kappa shape index (κ1) is 35.7. The van der Waals surface area contributed by atoms with Crippen molar-refractivity contribution in [3.63, 3.8) is 0 Å². The predicted octanol–water partition coefficient (Wildman–Crippen LogP) is 3.03. The van der Waals surface area contributed by atoms with Crippen molar-refractivity contribution >= 4 is 22.2 Å². The Hall–Kier alpha value is -3.63. The highest BCUT2D eigenvalue weighted by atomic mass is 32.2. The third kappa shape index (κ3) is 9.08. The van der Waals surface area contributed by atoms with Gasteiger partial charge in [-0.05, 0) is 49.3 Å². The van der Waals surface area contributed by atoms with E-state index in [1.165, 1.54) is 22.5 Å². The van der Waals surface area contributed by atoms with E-state index in [-0.39, 0.29) is 50.3 Å². The second-order valence-electron chi connectivity index (χ2n) is 12.9. The highest BCUT2D eigenvalue weighted by Crippen LogP contribution is 2.36. The number of hydrogen-bond acceptors (Lipinski definition) is 11. The van der Waals surface area contributed by atoms with Crippen LogP contribution in [-0.4, -0.2) is 101 Å². The summed E-state index contributed by atoms with van der Waals surface area (Å²) in [6, 6.07) is 12.7. The average Bonchev–Trinajstić information content (AvgIpc) is 3.79. The summed E-state index contributed by atoms with van der Waals surface area (Å²) >= 11 is 0. The topological polar surface area (TPSA) is 171 Å². The first-order valence-corrected chi connectivity index (χ1v) is 17.6. The van der Waals surface area contributed by atoms with E-state index in [0.717, 1.165) is 5.56 Å². The summed E-state index contributed by atoms with van der Waals surface area (Å²) in [5.41, 5.74) is 0.127. The van der Waals surface area contributed by atoms with Crippen molar-refractivity contribution < 1.29 is 51.5 Å². The van der Waals surface area contributed by atoms with Crippen molar-refractivity contribution in [2.24, 2.45) is 11.3 Å². The molecule has 15 heteroatoms. The lowest BCUT2D eigenvalue weighted by molar-refractivity contribution is -0.0907. The van der Waals surface area contributed by atoms with Crippen LogP contribution >= 0.6 is 0 Å². The number of benzene rings is 2. The van der Waals surface area contributed by atoms with Crippen LogP contribution in [0, 0.1) is 11.3 Å². The third-order valence-electron chi connectivity index (χ3n) is 8.62. The molecule has 0 aliphatic carbocycles. The number of alkyl carbamates (subject to hydrolysis) is 2. The van der Waals surface area contributed by atoms with E-state index in [2.05, 4.69) is 10.6 Å². The average molecular weight is 692 g/mol. The van der Waals surface area contributed by atoms with Crippen LogP contribution in [0.25, 0.3) is 0 Å². The Bertz CT molecular complexity index is 1510. The molecule has 3 heterocycles. The van der Waals surface area contributed by atoms with Gasteiger partial charge in [0.1, 0.15) is 6.10 Å². The number of sulfonamides is 1. The van der Waals surface area contributed by atoms with Crippen molar-refractivity contribution in [3.05, 3.63) is 54.1 Å². The molecule has 0 saturated carbocycles. The Morgan fingerprint density at radius 2 is 1.85 bits per heavy atom. The molecular formula is C33H45N3O11S. The first-order valence-electron chi connectivity index (χ1n) is 16.2. The van der Waals surface area contributed by atoms with Gasteiger partial charge in [0, 0.05) is 25.7 Å². The van der Waals surface area contributed by atoms with E-state index in [9.17, 15) is 23.1 Å². The SMILES string of the molecule is CCNC(=O)OCCC(C)(C)CN(C[C@@H](O)[C@H](Cc1ccccc1)NC(=O)O[C@H]1CO[C@H]2OCC[C@H]21)S(=O)(=O)c1ccc2c(c1)OCO2. The van der Waals surface area contributed by atoms with Gasteiger partial charge in [-0.15, -0.1) is 0 Å². The Kier molecular flexibility index (Phi) is 11.7. The largest absolute Gasteiger partial charge is 0.454 e. The molecule has 2 fully saturated rings. The van der Waals surface area contributed by atoms with Gasteiger partial charge in [0.15, 0.2) is 17.8 Å². The molecule has 3 aliphatic heterocycles. The maximum Gasteiger partial charge on any atom is 0.407 e. The van der Waals surface area contributed by atoms with Gasteiger partial charge in [-0.25, -0.2) is 18.0 Å². The fourth-order valence-corrected chi connectivity index (χ4v) is 7.63. The number of rotatable bonds is 15. The lowest BCUT2D eigenvalue weighted by Gasteiger charge is -2.35. The van der Waals surface area contributed by atoms with Crippen molar-refractivity contribution in [1.29, 1.82) is 0 Å². The molecule has 48 heavy (non-hydrogen) atoms. The number of carbonyl (C=O) groups is 2. The van der Waals surface area contributed by atoms with Gasteiger partial charge in [0.2, 0.25) is 16.8 Å². The zero-order chi connectivity index (χ0) is 34.3. The number of fused-ring (bicyclic) bond motifs is 2. The third-order valence-corrected chi connectivity index (χ3v) is 10.4. The number of carbonyl (C=O) groups excluding carboxylic acids is 2. The molecule has 0 radical (unpaired) electrons. The summed E-state index contributed by atoms with van der Waals surface area (Å²) in [7, 11) is -4.22. The standard InChI is InChI=1S/C33H45N3O11S/c1-4-34-31(38)43-15-13-33(2,3)20-36(48(40,41)23-10-11-27-28(17-23)46-21-45-27)18-26(37)25(16-22-8-6-5-7-9-22)35-32(39)47-29-19-44-30-24(29)12-14-42-30/h5-11,17,24-26,29-30,37H,4,12-16,18-21H2,1-3H3,(H,34,38)(H,35,39)/t24-,25-,26+,29-,30+/m0/s1. The lowest BCUT2D eigenvalue weighted by Crippen LogP contribution is -2.52. The number of ether oxygens (including phenoxy) is 6. The molecule has 5 atom stereocenters. The molecule has 2 saturated heterocycles. The van der Waals surface area contributed by atoms with E-state index in [1.54, 1.807) is 6.92 Å². The fourth-order valence-electron chi connectivity index (χ4n) is 5.96. The molecule has 2 amide bonds. The minimum absolute atomic E-state index is 0.0236. The Labute approximate surface area is 281 Å².